The number of methoxy groups -OCH3 is 1. The molecule has 5 heterocycles. The van der Waals surface area contributed by atoms with Crippen LogP contribution in [0.2, 0.25) is 0 Å². The number of para-hydroxylation sites is 1. The summed E-state index contributed by atoms with van der Waals surface area (Å²) in [6, 6.07) is 7.08. The Morgan fingerprint density at radius 2 is 1.89 bits per heavy atom. The van der Waals surface area contributed by atoms with Gasteiger partial charge in [0, 0.05) is 31.9 Å². The summed E-state index contributed by atoms with van der Waals surface area (Å²) in [4.78, 5) is 48.2. The van der Waals surface area contributed by atoms with E-state index in [-0.39, 0.29) is 25.7 Å². The smallest absolute Gasteiger partial charge is 0.410 e. The molecule has 0 bridgehead atoms. The molecule has 240 valence electrons. The molecule has 13 heteroatoms. The van der Waals surface area contributed by atoms with Crippen molar-refractivity contribution in [2.75, 3.05) is 33.4 Å². The van der Waals surface area contributed by atoms with Gasteiger partial charge < -0.3 is 28.3 Å². The predicted molar refractivity (Wildman–Crippen MR) is 168 cm³/mol. The van der Waals surface area contributed by atoms with E-state index in [0.717, 1.165) is 18.4 Å². The van der Waals surface area contributed by atoms with Crippen molar-refractivity contribution in [3.63, 3.8) is 0 Å². The summed E-state index contributed by atoms with van der Waals surface area (Å²) in [5.41, 5.74) is -0.0762. The van der Waals surface area contributed by atoms with E-state index in [9.17, 15) is 14.4 Å². The Hall–Kier alpha value is -3.94. The van der Waals surface area contributed by atoms with Gasteiger partial charge in [-0.05, 0) is 52.2 Å². The number of amides is 1. The van der Waals surface area contributed by atoms with E-state index >= 15 is 0 Å². The highest BCUT2D eigenvalue weighted by molar-refractivity contribution is 7.22. The number of oxazole rings is 1. The van der Waals surface area contributed by atoms with Crippen LogP contribution in [0.3, 0.4) is 0 Å². The highest BCUT2D eigenvalue weighted by atomic mass is 32.1. The van der Waals surface area contributed by atoms with Gasteiger partial charge >= 0.3 is 11.8 Å². The second-order valence-corrected chi connectivity index (χ2v) is 13.4. The summed E-state index contributed by atoms with van der Waals surface area (Å²) in [5.74, 6) is 1.01. The van der Waals surface area contributed by atoms with Crippen LogP contribution in [0, 0.1) is 6.92 Å². The molecule has 1 unspecified atom stereocenters. The molecule has 0 aliphatic carbocycles. The molecule has 0 N–H and O–H groups in total. The van der Waals surface area contributed by atoms with Crippen LogP contribution in [-0.2, 0) is 20.8 Å². The Labute approximate surface area is 264 Å². The van der Waals surface area contributed by atoms with Crippen LogP contribution < -0.4 is 16.0 Å². The number of carbonyl (C=O) groups is 1. The molecular formula is C32H38N4O8S. The molecule has 4 aromatic rings. The fourth-order valence-corrected chi connectivity index (χ4v) is 7.08. The van der Waals surface area contributed by atoms with Gasteiger partial charge in [0.05, 0.1) is 42.3 Å². The minimum absolute atomic E-state index is 0.0762. The molecule has 1 amide bonds. The monoisotopic (exact) mass is 638 g/mol. The van der Waals surface area contributed by atoms with Crippen molar-refractivity contribution in [3.8, 4) is 16.5 Å². The lowest BCUT2D eigenvalue weighted by Gasteiger charge is -2.40. The van der Waals surface area contributed by atoms with Crippen molar-refractivity contribution in [3.05, 3.63) is 68.7 Å². The Morgan fingerprint density at radius 3 is 2.56 bits per heavy atom. The van der Waals surface area contributed by atoms with Gasteiger partial charge in [0.1, 0.15) is 28.5 Å². The first-order chi connectivity index (χ1) is 21.6. The van der Waals surface area contributed by atoms with E-state index in [4.69, 9.17) is 23.4 Å². The first kappa shape index (κ1) is 31.1. The zero-order valence-corrected chi connectivity index (χ0v) is 26.9. The highest BCUT2D eigenvalue weighted by Crippen LogP contribution is 2.38. The standard InChI is InChI=1S/C32H38N4O8S/c1-19-25-28(37)36(20-16-34(17-20)31(39)44-32(2,3)4)30(38)35(29(25)45-26(19)27-33-12-15-42-27)18-24(43-21-10-13-41-14-11-21)22-8-6-7-9-23(22)40-5/h6-9,12,15,20-21,24H,10-11,13-14,16-18H2,1-5H3. The molecule has 0 radical (unpaired) electrons. The molecule has 2 aliphatic heterocycles. The van der Waals surface area contributed by atoms with Crippen molar-refractivity contribution in [2.45, 2.75) is 70.9 Å². The summed E-state index contributed by atoms with van der Waals surface area (Å²) < 4.78 is 32.0. The van der Waals surface area contributed by atoms with E-state index in [2.05, 4.69) is 4.98 Å². The molecule has 1 atom stereocenters. The van der Waals surface area contributed by atoms with Gasteiger partial charge in [0.2, 0.25) is 5.89 Å². The quantitative estimate of drug-likeness (QED) is 0.264. The first-order valence-corrected chi connectivity index (χ1v) is 15.9. The summed E-state index contributed by atoms with van der Waals surface area (Å²) >= 11 is 1.29. The van der Waals surface area contributed by atoms with Gasteiger partial charge in [-0.1, -0.05) is 18.2 Å². The third-order valence-corrected chi connectivity index (χ3v) is 9.41. The van der Waals surface area contributed by atoms with Crippen LogP contribution >= 0.6 is 11.3 Å². The Morgan fingerprint density at radius 1 is 1.16 bits per heavy atom. The third-order valence-electron chi connectivity index (χ3n) is 8.11. The molecule has 0 saturated carbocycles. The molecular weight excluding hydrogens is 600 g/mol. The predicted octanol–water partition coefficient (Wildman–Crippen LogP) is 4.93. The topological polar surface area (TPSA) is 127 Å². The number of nitrogens with zero attached hydrogens (tertiary/aromatic N) is 4. The zero-order chi connectivity index (χ0) is 31.9. The number of hydrogen-bond acceptors (Lipinski definition) is 10. The van der Waals surface area contributed by atoms with Crippen LogP contribution in [-0.4, -0.2) is 70.2 Å². The molecule has 0 spiro atoms. The van der Waals surface area contributed by atoms with E-state index in [1.165, 1.54) is 27.1 Å². The third kappa shape index (κ3) is 6.16. The molecule has 12 nitrogen and oxygen atoms in total. The number of hydrogen-bond donors (Lipinski definition) is 0. The Kier molecular flexibility index (Phi) is 8.59. The Balaban J connectivity index is 1.46. The lowest BCUT2D eigenvalue weighted by Crippen LogP contribution is -2.57. The first-order valence-electron chi connectivity index (χ1n) is 15.1. The lowest BCUT2D eigenvalue weighted by molar-refractivity contribution is -0.0753. The normalized spacial score (nSPS) is 17.0. The number of aromatic nitrogens is 3. The molecule has 1 aromatic carbocycles. The van der Waals surface area contributed by atoms with Crippen molar-refractivity contribution in [2.24, 2.45) is 0 Å². The second-order valence-electron chi connectivity index (χ2n) is 12.4. The number of rotatable bonds is 8. The van der Waals surface area contributed by atoms with Crippen molar-refractivity contribution in [1.82, 2.24) is 19.0 Å². The fraction of sp³-hybridized carbons (Fsp3) is 0.500. The number of ether oxygens (including phenoxy) is 4. The SMILES string of the molecule is COc1ccccc1C(Cn1c(=O)n(C2CN(C(=O)OC(C)(C)C)C2)c(=O)c2c(C)c(-c3ncco3)sc21)OC1CCOCC1. The summed E-state index contributed by atoms with van der Waals surface area (Å²) in [6.07, 6.45) is 3.35. The van der Waals surface area contributed by atoms with E-state index in [1.54, 1.807) is 38.6 Å². The lowest BCUT2D eigenvalue weighted by atomic mass is 10.1. The number of thiophene rings is 1. The number of aryl methyl sites for hydroxylation is 1. The Bertz CT molecular complexity index is 1790. The van der Waals surface area contributed by atoms with Crippen LogP contribution in [0.4, 0.5) is 4.79 Å². The van der Waals surface area contributed by atoms with Gasteiger partial charge in [0.15, 0.2) is 0 Å². The molecule has 3 aromatic heterocycles. The molecule has 2 aliphatic rings. The number of likely N-dealkylation sites (tertiary alicyclic amines) is 1. The number of carbonyl (C=O) groups excluding carboxylic acids is 1. The van der Waals surface area contributed by atoms with Crippen molar-refractivity contribution in [1.29, 1.82) is 0 Å². The van der Waals surface area contributed by atoms with Crippen molar-refractivity contribution < 1.29 is 28.2 Å². The van der Waals surface area contributed by atoms with E-state index < -0.39 is 35.1 Å². The van der Waals surface area contributed by atoms with Crippen LogP contribution in [0.1, 0.15) is 56.9 Å². The maximum absolute atomic E-state index is 14.4. The largest absolute Gasteiger partial charge is 0.496 e. The van der Waals surface area contributed by atoms with Crippen LogP contribution in [0.25, 0.3) is 21.0 Å². The minimum Gasteiger partial charge on any atom is -0.496 e. The van der Waals surface area contributed by atoms with Gasteiger partial charge in [-0.2, -0.15) is 0 Å². The molecule has 6 rings (SSSR count). The maximum Gasteiger partial charge on any atom is 0.410 e. The average molecular weight is 639 g/mol. The fourth-order valence-electron chi connectivity index (χ4n) is 5.84. The zero-order valence-electron chi connectivity index (χ0n) is 26.1. The average Bonchev–Trinajstić information content (AvgIpc) is 3.63. The highest BCUT2D eigenvalue weighted by Gasteiger charge is 2.38. The number of fused-ring (bicyclic) bond motifs is 1. The maximum atomic E-state index is 14.4. The minimum atomic E-state index is -0.660. The van der Waals surface area contributed by atoms with Crippen molar-refractivity contribution >= 4 is 27.6 Å². The van der Waals surface area contributed by atoms with Gasteiger partial charge in [-0.15, -0.1) is 11.3 Å². The summed E-state index contributed by atoms with van der Waals surface area (Å²) in [6.45, 7) is 8.90. The van der Waals surface area contributed by atoms with Gasteiger partial charge in [-0.25, -0.2) is 14.6 Å². The summed E-state index contributed by atoms with van der Waals surface area (Å²) in [5, 5.41) is 0.411. The van der Waals surface area contributed by atoms with Crippen LogP contribution in [0.5, 0.6) is 5.75 Å². The number of benzene rings is 1. The van der Waals surface area contributed by atoms with E-state index in [1.807, 2.05) is 31.2 Å². The van der Waals surface area contributed by atoms with Crippen LogP contribution in [0.15, 0.2) is 50.7 Å². The van der Waals surface area contributed by atoms with Gasteiger partial charge in [-0.3, -0.25) is 13.9 Å². The van der Waals surface area contributed by atoms with Gasteiger partial charge in [0.25, 0.3) is 5.56 Å². The summed E-state index contributed by atoms with van der Waals surface area (Å²) in [7, 11) is 1.60. The molecule has 2 fully saturated rings. The van der Waals surface area contributed by atoms with E-state index in [0.29, 0.717) is 45.5 Å². The molecule has 45 heavy (non-hydrogen) atoms. The second kappa shape index (κ2) is 12.5. The molecule has 2 saturated heterocycles.